The lowest BCUT2D eigenvalue weighted by Crippen LogP contribution is -2.45. The van der Waals surface area contributed by atoms with Crippen LogP contribution in [0.5, 0.6) is 0 Å². The van der Waals surface area contributed by atoms with Gasteiger partial charge < -0.3 is 19.5 Å². The monoisotopic (exact) mass is 351 g/mol. The Morgan fingerprint density at radius 1 is 1.08 bits per heavy atom. The predicted molar refractivity (Wildman–Crippen MR) is 90.6 cm³/mol. The molecule has 138 valence electrons. The lowest BCUT2D eigenvalue weighted by atomic mass is 10.1. The fourth-order valence-electron chi connectivity index (χ4n) is 2.16. The molecule has 25 heavy (non-hydrogen) atoms. The summed E-state index contributed by atoms with van der Waals surface area (Å²) in [7, 11) is 2.57. The number of esters is 2. The van der Waals surface area contributed by atoms with Crippen LogP contribution in [-0.4, -0.2) is 43.7 Å². The number of ether oxygens (including phenoxy) is 3. The zero-order chi connectivity index (χ0) is 19.0. The topological polar surface area (TPSA) is 90.9 Å². The fraction of sp³-hybridized carbons (Fsp3) is 0.500. The standard InChI is InChI=1S/C18H25NO6/c1-18(2,3)25-14(20)11-13(17(22)24-5)19-16(21)15(23-4)12-9-7-6-8-10-12/h6-10,13,15H,11H2,1-5H3,(H,19,21)/t13-,15-/m1/s1. The number of benzene rings is 1. The quantitative estimate of drug-likeness (QED) is 0.753. The van der Waals surface area contributed by atoms with Crippen LogP contribution in [0.3, 0.4) is 0 Å². The molecule has 0 unspecified atom stereocenters. The van der Waals surface area contributed by atoms with E-state index in [1.54, 1.807) is 45.0 Å². The zero-order valence-electron chi connectivity index (χ0n) is 15.2. The van der Waals surface area contributed by atoms with Crippen molar-refractivity contribution < 1.29 is 28.6 Å². The van der Waals surface area contributed by atoms with E-state index in [1.165, 1.54) is 14.2 Å². The van der Waals surface area contributed by atoms with Gasteiger partial charge in [0, 0.05) is 7.11 Å². The van der Waals surface area contributed by atoms with Crippen LogP contribution in [0.25, 0.3) is 0 Å². The van der Waals surface area contributed by atoms with Crippen molar-refractivity contribution in [3.8, 4) is 0 Å². The van der Waals surface area contributed by atoms with E-state index in [4.69, 9.17) is 9.47 Å². The molecule has 0 bridgehead atoms. The van der Waals surface area contributed by atoms with Crippen LogP contribution in [0, 0.1) is 0 Å². The smallest absolute Gasteiger partial charge is 0.328 e. The van der Waals surface area contributed by atoms with Gasteiger partial charge in [-0.2, -0.15) is 0 Å². The lowest BCUT2D eigenvalue weighted by Gasteiger charge is -2.23. The van der Waals surface area contributed by atoms with Gasteiger partial charge in [-0.15, -0.1) is 0 Å². The highest BCUT2D eigenvalue weighted by Crippen LogP contribution is 2.17. The molecule has 1 aromatic rings. The second kappa shape index (κ2) is 9.17. The first-order valence-electron chi connectivity index (χ1n) is 7.85. The van der Waals surface area contributed by atoms with E-state index in [0.717, 1.165) is 0 Å². The summed E-state index contributed by atoms with van der Waals surface area (Å²) in [4.78, 5) is 36.4. The molecule has 0 aromatic heterocycles. The first-order chi connectivity index (χ1) is 11.7. The number of methoxy groups -OCH3 is 2. The molecular formula is C18H25NO6. The van der Waals surface area contributed by atoms with Gasteiger partial charge in [0.2, 0.25) is 0 Å². The number of nitrogens with one attached hydrogen (secondary N) is 1. The Balaban J connectivity index is 2.85. The van der Waals surface area contributed by atoms with Gasteiger partial charge in [-0.1, -0.05) is 30.3 Å². The molecule has 0 aliphatic rings. The maximum absolute atomic E-state index is 12.5. The van der Waals surface area contributed by atoms with Crippen LogP contribution < -0.4 is 5.32 Å². The normalized spacial score (nSPS) is 13.5. The number of carbonyl (C=O) groups is 3. The predicted octanol–water partition coefficient (Wildman–Crippen LogP) is 1.76. The van der Waals surface area contributed by atoms with E-state index in [9.17, 15) is 14.4 Å². The average molecular weight is 351 g/mol. The van der Waals surface area contributed by atoms with Crippen molar-refractivity contribution in [1.29, 1.82) is 0 Å². The average Bonchev–Trinajstić information content (AvgIpc) is 2.53. The molecule has 0 heterocycles. The van der Waals surface area contributed by atoms with Crippen molar-refractivity contribution in [3.05, 3.63) is 35.9 Å². The minimum absolute atomic E-state index is 0.332. The number of rotatable bonds is 7. The highest BCUT2D eigenvalue weighted by atomic mass is 16.6. The number of amides is 1. The summed E-state index contributed by atoms with van der Waals surface area (Å²) in [6, 6.07) is 7.66. The van der Waals surface area contributed by atoms with Crippen LogP contribution in [0.2, 0.25) is 0 Å². The van der Waals surface area contributed by atoms with Gasteiger partial charge in [0.1, 0.15) is 11.6 Å². The Hall–Kier alpha value is -2.41. The third kappa shape index (κ3) is 6.93. The molecule has 1 rings (SSSR count). The van der Waals surface area contributed by atoms with Gasteiger partial charge in [-0.05, 0) is 26.3 Å². The van der Waals surface area contributed by atoms with Crippen molar-refractivity contribution in [1.82, 2.24) is 5.32 Å². The molecule has 1 N–H and O–H groups in total. The molecule has 0 spiro atoms. The fourth-order valence-corrected chi connectivity index (χ4v) is 2.16. The van der Waals surface area contributed by atoms with Gasteiger partial charge in [0.05, 0.1) is 13.5 Å². The maximum atomic E-state index is 12.5. The molecule has 0 radical (unpaired) electrons. The Kier molecular flexibility index (Phi) is 7.57. The minimum atomic E-state index is -1.16. The summed E-state index contributed by atoms with van der Waals surface area (Å²) in [6.07, 6.45) is -1.24. The summed E-state index contributed by atoms with van der Waals surface area (Å²) in [5.74, 6) is -1.90. The number of hydrogen-bond donors (Lipinski definition) is 1. The first-order valence-corrected chi connectivity index (χ1v) is 7.85. The highest BCUT2D eigenvalue weighted by molar-refractivity contribution is 5.90. The molecule has 1 aromatic carbocycles. The SMILES string of the molecule is COC(=O)[C@@H](CC(=O)OC(C)(C)C)NC(=O)[C@H](OC)c1ccccc1. The van der Waals surface area contributed by atoms with Crippen molar-refractivity contribution in [2.24, 2.45) is 0 Å². The number of carbonyl (C=O) groups excluding carboxylic acids is 3. The van der Waals surface area contributed by atoms with Gasteiger partial charge >= 0.3 is 11.9 Å². The third-order valence-electron chi connectivity index (χ3n) is 3.17. The van der Waals surface area contributed by atoms with Gasteiger partial charge in [0.25, 0.3) is 5.91 Å². The van der Waals surface area contributed by atoms with Crippen molar-refractivity contribution in [2.45, 2.75) is 44.9 Å². The second-order valence-electron chi connectivity index (χ2n) is 6.40. The molecule has 0 saturated carbocycles. The van der Waals surface area contributed by atoms with Gasteiger partial charge in [0.15, 0.2) is 6.10 Å². The van der Waals surface area contributed by atoms with E-state index in [1.807, 2.05) is 6.07 Å². The summed E-state index contributed by atoms with van der Waals surface area (Å²) in [5, 5.41) is 2.49. The van der Waals surface area contributed by atoms with Crippen LogP contribution in [0.4, 0.5) is 0 Å². The molecule has 0 aliphatic heterocycles. The molecule has 7 heteroatoms. The molecule has 0 saturated heterocycles. The molecule has 7 nitrogen and oxygen atoms in total. The molecule has 2 atom stereocenters. The highest BCUT2D eigenvalue weighted by Gasteiger charge is 2.30. The largest absolute Gasteiger partial charge is 0.467 e. The van der Waals surface area contributed by atoms with E-state index in [-0.39, 0.29) is 6.42 Å². The summed E-state index contributed by atoms with van der Waals surface area (Å²) >= 11 is 0. The molecular weight excluding hydrogens is 326 g/mol. The van der Waals surface area contributed by atoms with E-state index >= 15 is 0 Å². The summed E-state index contributed by atoms with van der Waals surface area (Å²) < 4.78 is 15.1. The maximum Gasteiger partial charge on any atom is 0.328 e. The van der Waals surface area contributed by atoms with Crippen molar-refractivity contribution >= 4 is 17.8 Å². The zero-order valence-corrected chi connectivity index (χ0v) is 15.2. The third-order valence-corrected chi connectivity index (χ3v) is 3.17. The van der Waals surface area contributed by atoms with Crippen molar-refractivity contribution in [2.75, 3.05) is 14.2 Å². The van der Waals surface area contributed by atoms with Crippen molar-refractivity contribution in [3.63, 3.8) is 0 Å². The van der Waals surface area contributed by atoms with E-state index in [0.29, 0.717) is 5.56 Å². The van der Waals surface area contributed by atoms with E-state index < -0.39 is 35.6 Å². The van der Waals surface area contributed by atoms with Crippen LogP contribution >= 0.6 is 0 Å². The Morgan fingerprint density at radius 3 is 2.16 bits per heavy atom. The summed E-state index contributed by atoms with van der Waals surface area (Å²) in [6.45, 7) is 5.15. The Bertz CT molecular complexity index is 593. The Labute approximate surface area is 147 Å². The minimum Gasteiger partial charge on any atom is -0.467 e. The number of hydrogen-bond acceptors (Lipinski definition) is 6. The molecule has 1 amide bonds. The Morgan fingerprint density at radius 2 is 1.68 bits per heavy atom. The van der Waals surface area contributed by atoms with Crippen LogP contribution in [-0.2, 0) is 28.6 Å². The van der Waals surface area contributed by atoms with E-state index in [2.05, 4.69) is 10.1 Å². The lowest BCUT2D eigenvalue weighted by molar-refractivity contribution is -0.159. The van der Waals surface area contributed by atoms with Crippen LogP contribution in [0.1, 0.15) is 38.9 Å². The summed E-state index contributed by atoms with van der Waals surface area (Å²) in [5.41, 5.74) is -0.0655. The van der Waals surface area contributed by atoms with Gasteiger partial charge in [-0.25, -0.2) is 4.79 Å². The molecule has 0 aliphatic carbocycles. The van der Waals surface area contributed by atoms with Crippen LogP contribution in [0.15, 0.2) is 30.3 Å². The molecule has 0 fully saturated rings. The van der Waals surface area contributed by atoms with Gasteiger partial charge in [-0.3, -0.25) is 9.59 Å². The first kappa shape index (κ1) is 20.6. The second-order valence-corrected chi connectivity index (χ2v) is 6.40.